The van der Waals surface area contributed by atoms with E-state index in [-0.39, 0.29) is 6.03 Å². The van der Waals surface area contributed by atoms with E-state index in [0.29, 0.717) is 12.6 Å². The lowest BCUT2D eigenvalue weighted by Crippen LogP contribution is -2.39. The van der Waals surface area contributed by atoms with Gasteiger partial charge in [0.25, 0.3) is 0 Å². The van der Waals surface area contributed by atoms with Crippen LogP contribution >= 0.6 is 0 Å². The number of rotatable bonds is 5. The number of nitrogens with zero attached hydrogens (tertiary/aromatic N) is 4. The average molecular weight is 396 g/mol. The predicted molar refractivity (Wildman–Crippen MR) is 116 cm³/mol. The molecular weight excluding hydrogens is 362 g/mol. The Labute approximate surface area is 173 Å². The number of urea groups is 1. The van der Waals surface area contributed by atoms with Crippen molar-refractivity contribution in [3.05, 3.63) is 46.8 Å². The van der Waals surface area contributed by atoms with Gasteiger partial charge in [0.2, 0.25) is 0 Å². The van der Waals surface area contributed by atoms with Crippen molar-refractivity contribution in [2.24, 2.45) is 0 Å². The first kappa shape index (κ1) is 20.0. The van der Waals surface area contributed by atoms with E-state index in [1.54, 1.807) is 0 Å². The number of amides is 2. The number of carbonyl (C=O) groups excluding carboxylic acids is 1. The predicted octanol–water partition coefficient (Wildman–Crippen LogP) is 4.21. The molecule has 1 aromatic carbocycles. The molecule has 2 amide bonds. The molecule has 3 heterocycles. The Bertz CT molecular complexity index is 866. The van der Waals surface area contributed by atoms with E-state index in [4.69, 9.17) is 5.10 Å². The molecule has 6 heteroatoms. The highest BCUT2D eigenvalue weighted by molar-refractivity contribution is 5.89. The SMILES string of the molecule is CCc1cccc(NC(=O)N2CCc3c(CN4CCCC4)nn(C(C)C)c3C2)c1. The van der Waals surface area contributed by atoms with Crippen LogP contribution in [0.4, 0.5) is 10.5 Å². The van der Waals surface area contributed by atoms with Crippen molar-refractivity contribution in [2.75, 3.05) is 25.0 Å². The van der Waals surface area contributed by atoms with Crippen molar-refractivity contribution in [1.29, 1.82) is 0 Å². The highest BCUT2D eigenvalue weighted by atomic mass is 16.2. The summed E-state index contributed by atoms with van der Waals surface area (Å²) in [6.45, 7) is 11.1. The Hall–Kier alpha value is -2.34. The highest BCUT2D eigenvalue weighted by Crippen LogP contribution is 2.27. The smallest absolute Gasteiger partial charge is 0.318 e. The summed E-state index contributed by atoms with van der Waals surface area (Å²) in [5.74, 6) is 0. The van der Waals surface area contributed by atoms with E-state index >= 15 is 0 Å². The summed E-state index contributed by atoms with van der Waals surface area (Å²) >= 11 is 0. The Morgan fingerprint density at radius 2 is 2.00 bits per heavy atom. The molecule has 2 aliphatic heterocycles. The maximum absolute atomic E-state index is 12.9. The van der Waals surface area contributed by atoms with Gasteiger partial charge in [-0.25, -0.2) is 4.79 Å². The maximum atomic E-state index is 12.9. The van der Waals surface area contributed by atoms with Gasteiger partial charge in [0.15, 0.2) is 0 Å². The molecule has 0 bridgehead atoms. The van der Waals surface area contributed by atoms with Crippen molar-refractivity contribution in [1.82, 2.24) is 19.6 Å². The third kappa shape index (κ3) is 4.32. The van der Waals surface area contributed by atoms with Crippen molar-refractivity contribution >= 4 is 11.7 Å². The lowest BCUT2D eigenvalue weighted by Gasteiger charge is -2.29. The monoisotopic (exact) mass is 395 g/mol. The number of fused-ring (bicyclic) bond motifs is 1. The van der Waals surface area contributed by atoms with E-state index in [2.05, 4.69) is 47.8 Å². The van der Waals surface area contributed by atoms with Crippen molar-refractivity contribution in [3.8, 4) is 0 Å². The van der Waals surface area contributed by atoms with Gasteiger partial charge in [-0.05, 0) is 70.3 Å². The zero-order valence-electron chi connectivity index (χ0n) is 17.9. The first-order valence-electron chi connectivity index (χ1n) is 11.0. The first-order valence-corrected chi connectivity index (χ1v) is 11.0. The van der Waals surface area contributed by atoms with Crippen LogP contribution < -0.4 is 5.32 Å². The number of nitrogens with one attached hydrogen (secondary N) is 1. The molecule has 29 heavy (non-hydrogen) atoms. The Morgan fingerprint density at radius 3 is 2.72 bits per heavy atom. The van der Waals surface area contributed by atoms with Crippen LogP contribution in [0.2, 0.25) is 0 Å². The van der Waals surface area contributed by atoms with Crippen LogP contribution in [-0.2, 0) is 25.9 Å². The molecular formula is C23H33N5O. The largest absolute Gasteiger partial charge is 0.322 e. The van der Waals surface area contributed by atoms with Gasteiger partial charge in [0.05, 0.1) is 17.9 Å². The second-order valence-electron chi connectivity index (χ2n) is 8.55. The van der Waals surface area contributed by atoms with E-state index in [1.165, 1.54) is 48.4 Å². The first-order chi connectivity index (χ1) is 14.0. The number of aromatic nitrogens is 2. The summed E-state index contributed by atoms with van der Waals surface area (Å²) in [5.41, 5.74) is 5.88. The summed E-state index contributed by atoms with van der Waals surface area (Å²) in [4.78, 5) is 17.3. The molecule has 0 radical (unpaired) electrons. The molecule has 0 unspecified atom stereocenters. The quantitative estimate of drug-likeness (QED) is 0.825. The summed E-state index contributed by atoms with van der Waals surface area (Å²) in [6.07, 6.45) is 4.43. The van der Waals surface area contributed by atoms with Gasteiger partial charge >= 0.3 is 6.03 Å². The molecule has 6 nitrogen and oxygen atoms in total. The van der Waals surface area contributed by atoms with Gasteiger partial charge in [0, 0.05) is 30.4 Å². The Morgan fingerprint density at radius 1 is 1.21 bits per heavy atom. The minimum absolute atomic E-state index is 0.0264. The molecule has 2 aromatic rings. The number of carbonyl (C=O) groups is 1. The number of aryl methyl sites for hydroxylation is 1. The summed E-state index contributed by atoms with van der Waals surface area (Å²) in [6, 6.07) is 8.37. The van der Waals surface area contributed by atoms with Gasteiger partial charge in [0.1, 0.15) is 0 Å². The molecule has 0 saturated carbocycles. The molecule has 4 rings (SSSR count). The maximum Gasteiger partial charge on any atom is 0.322 e. The van der Waals surface area contributed by atoms with Crippen LogP contribution in [0.15, 0.2) is 24.3 Å². The Balaban J connectivity index is 1.50. The molecule has 2 aliphatic rings. The zero-order valence-corrected chi connectivity index (χ0v) is 17.9. The number of hydrogen-bond acceptors (Lipinski definition) is 3. The second kappa shape index (κ2) is 8.57. The third-order valence-corrected chi connectivity index (χ3v) is 6.11. The molecule has 1 fully saturated rings. The van der Waals surface area contributed by atoms with E-state index in [0.717, 1.165) is 31.6 Å². The lowest BCUT2D eigenvalue weighted by atomic mass is 10.0. The normalized spacial score (nSPS) is 17.0. The van der Waals surface area contributed by atoms with Crippen LogP contribution in [0.5, 0.6) is 0 Å². The summed E-state index contributed by atoms with van der Waals surface area (Å²) in [5, 5.41) is 8.05. The van der Waals surface area contributed by atoms with Crippen LogP contribution in [0.3, 0.4) is 0 Å². The fourth-order valence-corrected chi connectivity index (χ4v) is 4.47. The summed E-state index contributed by atoms with van der Waals surface area (Å²) in [7, 11) is 0. The van der Waals surface area contributed by atoms with Crippen molar-refractivity contribution in [3.63, 3.8) is 0 Å². The van der Waals surface area contributed by atoms with Gasteiger partial charge in [-0.3, -0.25) is 9.58 Å². The Kier molecular flexibility index (Phi) is 5.90. The topological polar surface area (TPSA) is 53.4 Å². The molecule has 0 atom stereocenters. The molecule has 156 valence electrons. The van der Waals surface area contributed by atoms with Gasteiger partial charge in [-0.1, -0.05) is 19.1 Å². The van der Waals surface area contributed by atoms with Gasteiger partial charge in [-0.2, -0.15) is 5.10 Å². The molecule has 0 aliphatic carbocycles. The highest BCUT2D eigenvalue weighted by Gasteiger charge is 2.29. The van der Waals surface area contributed by atoms with Crippen LogP contribution in [0, 0.1) is 0 Å². The molecule has 0 spiro atoms. The number of hydrogen-bond donors (Lipinski definition) is 1. The molecule has 1 N–H and O–H groups in total. The second-order valence-corrected chi connectivity index (χ2v) is 8.55. The van der Waals surface area contributed by atoms with Crippen molar-refractivity contribution < 1.29 is 4.79 Å². The van der Waals surface area contributed by atoms with Gasteiger partial charge in [-0.15, -0.1) is 0 Å². The fraction of sp³-hybridized carbons (Fsp3) is 0.565. The molecule has 1 saturated heterocycles. The average Bonchev–Trinajstić information content (AvgIpc) is 3.36. The van der Waals surface area contributed by atoms with Crippen molar-refractivity contribution in [2.45, 2.75) is 65.6 Å². The zero-order chi connectivity index (χ0) is 20.4. The van der Waals surface area contributed by atoms with E-state index in [1.807, 2.05) is 17.0 Å². The van der Waals surface area contributed by atoms with Gasteiger partial charge < -0.3 is 10.2 Å². The number of likely N-dealkylation sites (tertiary alicyclic amines) is 1. The lowest BCUT2D eigenvalue weighted by molar-refractivity contribution is 0.203. The standard InChI is InChI=1S/C23H33N5O/c1-4-18-8-7-9-19(14-18)24-23(29)27-13-10-20-21(15-26-11-5-6-12-26)25-28(17(2)3)22(20)16-27/h7-9,14,17H,4-6,10-13,15-16H2,1-3H3,(H,24,29). The third-order valence-electron chi connectivity index (χ3n) is 6.11. The number of benzene rings is 1. The minimum Gasteiger partial charge on any atom is -0.318 e. The van der Waals surface area contributed by atoms with Crippen LogP contribution in [0.25, 0.3) is 0 Å². The summed E-state index contributed by atoms with van der Waals surface area (Å²) < 4.78 is 2.14. The molecule has 1 aromatic heterocycles. The minimum atomic E-state index is -0.0264. The van der Waals surface area contributed by atoms with Crippen LogP contribution in [0.1, 0.15) is 62.2 Å². The van der Waals surface area contributed by atoms with E-state index in [9.17, 15) is 4.79 Å². The fourth-order valence-electron chi connectivity index (χ4n) is 4.47. The van der Waals surface area contributed by atoms with E-state index < -0.39 is 0 Å². The van der Waals surface area contributed by atoms with Crippen LogP contribution in [-0.4, -0.2) is 45.2 Å². The number of anilines is 1.